The summed E-state index contributed by atoms with van der Waals surface area (Å²) in [5.41, 5.74) is 1.81. The molecule has 0 saturated heterocycles. The zero-order chi connectivity index (χ0) is 15.9. The normalized spacial score (nSPS) is 11.9. The second-order valence-electron chi connectivity index (χ2n) is 4.93. The van der Waals surface area contributed by atoms with Gasteiger partial charge in [0.05, 0.1) is 11.6 Å². The number of nitrogens with one attached hydrogen (secondary N) is 1. The lowest BCUT2D eigenvalue weighted by Crippen LogP contribution is -2.17. The van der Waals surface area contributed by atoms with E-state index in [1.165, 1.54) is 11.3 Å². The maximum Gasteiger partial charge on any atom is 0.306 e. The number of aromatic nitrogens is 1. The molecule has 22 heavy (non-hydrogen) atoms. The van der Waals surface area contributed by atoms with Gasteiger partial charge in [0.15, 0.2) is 5.13 Å². The summed E-state index contributed by atoms with van der Waals surface area (Å²) >= 11 is 1.36. The Morgan fingerprint density at radius 3 is 2.68 bits per heavy atom. The summed E-state index contributed by atoms with van der Waals surface area (Å²) in [5, 5.41) is 14.1. The third-order valence-corrected chi connectivity index (χ3v) is 4.14. The van der Waals surface area contributed by atoms with E-state index in [0.717, 1.165) is 11.3 Å². The van der Waals surface area contributed by atoms with Gasteiger partial charge in [0, 0.05) is 17.4 Å². The first-order chi connectivity index (χ1) is 10.6. The largest absolute Gasteiger partial charge is 0.481 e. The van der Waals surface area contributed by atoms with Crippen molar-refractivity contribution >= 4 is 28.3 Å². The first-order valence-corrected chi connectivity index (χ1v) is 8.01. The number of carbonyl (C=O) groups is 2. The highest BCUT2D eigenvalue weighted by Crippen LogP contribution is 2.24. The molecule has 0 saturated carbocycles. The van der Waals surface area contributed by atoms with Crippen LogP contribution in [0.5, 0.6) is 0 Å². The molecule has 2 aromatic rings. The number of anilines is 1. The molecule has 1 atom stereocenters. The Bertz CT molecular complexity index is 640. The number of thiazole rings is 1. The van der Waals surface area contributed by atoms with Crippen LogP contribution in [-0.2, 0) is 9.59 Å². The minimum atomic E-state index is -0.851. The maximum atomic E-state index is 11.9. The number of hydrogen-bond donors (Lipinski definition) is 2. The molecule has 1 aromatic carbocycles. The molecule has 0 spiro atoms. The zero-order valence-corrected chi connectivity index (χ0v) is 13.1. The summed E-state index contributed by atoms with van der Waals surface area (Å²) in [6, 6.07) is 9.72. The molecule has 0 aliphatic rings. The highest BCUT2D eigenvalue weighted by Gasteiger charge is 2.17. The summed E-state index contributed by atoms with van der Waals surface area (Å²) < 4.78 is 0. The Labute approximate surface area is 133 Å². The van der Waals surface area contributed by atoms with E-state index in [4.69, 9.17) is 5.11 Å². The van der Waals surface area contributed by atoms with E-state index in [2.05, 4.69) is 10.3 Å². The van der Waals surface area contributed by atoms with Crippen molar-refractivity contribution in [2.24, 2.45) is 5.92 Å². The van der Waals surface area contributed by atoms with E-state index in [9.17, 15) is 9.59 Å². The molecule has 0 fully saturated rings. The topological polar surface area (TPSA) is 79.3 Å². The Kier molecular flexibility index (Phi) is 5.66. The standard InChI is InChI=1S/C16H18N2O3S/c1-2-11(15(20)21)8-9-14(19)18-16-17-13(10-22-16)12-6-4-3-5-7-12/h3-7,10-11H,2,8-9H2,1H3,(H,20,21)(H,17,18,19). The fourth-order valence-corrected chi connectivity index (χ4v) is 2.80. The van der Waals surface area contributed by atoms with E-state index in [-0.39, 0.29) is 12.3 Å². The van der Waals surface area contributed by atoms with Gasteiger partial charge in [-0.05, 0) is 12.8 Å². The van der Waals surface area contributed by atoms with Crippen molar-refractivity contribution < 1.29 is 14.7 Å². The number of nitrogens with zero attached hydrogens (tertiary/aromatic N) is 1. The van der Waals surface area contributed by atoms with Gasteiger partial charge in [0.1, 0.15) is 0 Å². The molecular formula is C16H18N2O3S. The number of carboxylic acid groups (broad SMARTS) is 1. The maximum absolute atomic E-state index is 11.9. The summed E-state index contributed by atoms with van der Waals surface area (Å²) in [6.45, 7) is 1.81. The van der Waals surface area contributed by atoms with Crippen molar-refractivity contribution in [1.82, 2.24) is 4.98 Å². The molecule has 0 aliphatic heterocycles. The smallest absolute Gasteiger partial charge is 0.306 e. The molecule has 0 aliphatic carbocycles. The minimum Gasteiger partial charge on any atom is -0.481 e. The minimum absolute atomic E-state index is 0.186. The van der Waals surface area contributed by atoms with E-state index < -0.39 is 11.9 Å². The van der Waals surface area contributed by atoms with Crippen LogP contribution in [0.1, 0.15) is 26.2 Å². The molecular weight excluding hydrogens is 300 g/mol. The lowest BCUT2D eigenvalue weighted by atomic mass is 10.0. The van der Waals surface area contributed by atoms with Gasteiger partial charge in [0.25, 0.3) is 0 Å². The van der Waals surface area contributed by atoms with Gasteiger partial charge in [-0.2, -0.15) is 0 Å². The molecule has 116 valence electrons. The molecule has 1 unspecified atom stereocenters. The highest BCUT2D eigenvalue weighted by atomic mass is 32.1. The average Bonchev–Trinajstić information content (AvgIpc) is 2.97. The van der Waals surface area contributed by atoms with E-state index in [0.29, 0.717) is 18.0 Å². The van der Waals surface area contributed by atoms with E-state index in [1.54, 1.807) is 0 Å². The monoisotopic (exact) mass is 318 g/mol. The van der Waals surface area contributed by atoms with Crippen molar-refractivity contribution in [1.29, 1.82) is 0 Å². The molecule has 0 bridgehead atoms. The van der Waals surface area contributed by atoms with Crippen LogP contribution in [0.3, 0.4) is 0 Å². The second-order valence-corrected chi connectivity index (χ2v) is 5.79. The number of benzene rings is 1. The summed E-state index contributed by atoms with van der Waals surface area (Å²) in [7, 11) is 0. The van der Waals surface area contributed by atoms with Gasteiger partial charge >= 0.3 is 5.97 Å². The number of hydrogen-bond acceptors (Lipinski definition) is 4. The fraction of sp³-hybridized carbons (Fsp3) is 0.312. The van der Waals surface area contributed by atoms with Crippen molar-refractivity contribution in [3.63, 3.8) is 0 Å². The lowest BCUT2D eigenvalue weighted by Gasteiger charge is -2.08. The van der Waals surface area contributed by atoms with Gasteiger partial charge in [-0.3, -0.25) is 9.59 Å². The number of rotatable bonds is 7. The first-order valence-electron chi connectivity index (χ1n) is 7.13. The number of carbonyl (C=O) groups excluding carboxylic acids is 1. The van der Waals surface area contributed by atoms with Gasteiger partial charge in [0.2, 0.25) is 5.91 Å². The van der Waals surface area contributed by atoms with Crippen LogP contribution in [0.2, 0.25) is 0 Å². The average molecular weight is 318 g/mol. The van der Waals surface area contributed by atoms with Crippen molar-refractivity contribution in [2.75, 3.05) is 5.32 Å². The Hall–Kier alpha value is -2.21. The SMILES string of the molecule is CCC(CCC(=O)Nc1nc(-c2ccccc2)cs1)C(=O)O. The highest BCUT2D eigenvalue weighted by molar-refractivity contribution is 7.14. The third-order valence-electron chi connectivity index (χ3n) is 3.38. The van der Waals surface area contributed by atoms with Crippen LogP contribution in [0.4, 0.5) is 5.13 Å². The van der Waals surface area contributed by atoms with Crippen molar-refractivity contribution in [3.05, 3.63) is 35.7 Å². The van der Waals surface area contributed by atoms with Crippen LogP contribution in [0.15, 0.2) is 35.7 Å². The number of amides is 1. The number of carboxylic acids is 1. The first kappa shape index (κ1) is 16.2. The zero-order valence-electron chi connectivity index (χ0n) is 12.3. The summed E-state index contributed by atoms with van der Waals surface area (Å²) in [4.78, 5) is 27.2. The fourth-order valence-electron chi connectivity index (χ4n) is 2.06. The molecule has 1 amide bonds. The van der Waals surface area contributed by atoms with E-state index >= 15 is 0 Å². The number of aliphatic carboxylic acids is 1. The Balaban J connectivity index is 1.90. The summed E-state index contributed by atoms with van der Waals surface area (Å²) in [5.74, 6) is -1.52. The van der Waals surface area contributed by atoms with Crippen LogP contribution in [0, 0.1) is 5.92 Å². The van der Waals surface area contributed by atoms with Gasteiger partial charge in [-0.15, -0.1) is 11.3 Å². The van der Waals surface area contributed by atoms with Gasteiger partial charge < -0.3 is 10.4 Å². The molecule has 6 heteroatoms. The molecule has 0 radical (unpaired) electrons. The molecule has 5 nitrogen and oxygen atoms in total. The molecule has 1 aromatic heterocycles. The predicted octanol–water partition coefficient (Wildman–Crippen LogP) is 3.64. The van der Waals surface area contributed by atoms with Crippen LogP contribution >= 0.6 is 11.3 Å². The van der Waals surface area contributed by atoms with Crippen LogP contribution in [-0.4, -0.2) is 22.0 Å². The predicted molar refractivity (Wildman–Crippen MR) is 86.8 cm³/mol. The summed E-state index contributed by atoms with van der Waals surface area (Å²) in [6.07, 6.45) is 1.05. The molecule has 1 heterocycles. The van der Waals surface area contributed by atoms with Crippen LogP contribution < -0.4 is 5.32 Å². The molecule has 2 rings (SSSR count). The molecule has 2 N–H and O–H groups in total. The Morgan fingerprint density at radius 1 is 1.32 bits per heavy atom. The second kappa shape index (κ2) is 7.70. The quantitative estimate of drug-likeness (QED) is 0.817. The van der Waals surface area contributed by atoms with Gasteiger partial charge in [-0.1, -0.05) is 37.3 Å². The van der Waals surface area contributed by atoms with Crippen molar-refractivity contribution in [3.8, 4) is 11.3 Å². The van der Waals surface area contributed by atoms with Gasteiger partial charge in [-0.25, -0.2) is 4.98 Å². The van der Waals surface area contributed by atoms with E-state index in [1.807, 2.05) is 42.6 Å². The lowest BCUT2D eigenvalue weighted by molar-refractivity contribution is -0.142. The third kappa shape index (κ3) is 4.39. The van der Waals surface area contributed by atoms with Crippen LogP contribution in [0.25, 0.3) is 11.3 Å². The van der Waals surface area contributed by atoms with Crippen molar-refractivity contribution in [2.45, 2.75) is 26.2 Å². The Morgan fingerprint density at radius 2 is 2.05 bits per heavy atom.